The topological polar surface area (TPSA) is 67.9 Å². The van der Waals surface area contributed by atoms with Crippen LogP contribution in [0.5, 0.6) is 5.75 Å². The maximum Gasteiger partial charge on any atom is 0.387 e. The second kappa shape index (κ2) is 6.74. The van der Waals surface area contributed by atoms with E-state index in [0.29, 0.717) is 11.1 Å². The van der Waals surface area contributed by atoms with Crippen LogP contribution in [0.1, 0.15) is 23.6 Å². The fourth-order valence-electron chi connectivity index (χ4n) is 3.08. The van der Waals surface area contributed by atoms with E-state index in [2.05, 4.69) is 9.73 Å². The fourth-order valence-corrected chi connectivity index (χ4v) is 3.08. The predicted molar refractivity (Wildman–Crippen MR) is 94.1 cm³/mol. The standard InChI is InChI=1S/C19H19F2N3O2/c1-3-12-5-4-6-14(11-12)19(16(25)24(2)18(22)23-19)13-7-9-15(10-8-13)26-17(20)21/h4-11,17H,3H2,1-2H3,(H2,22,23)/t19-/m1/s1. The predicted octanol–water partition coefficient (Wildman–Crippen LogP) is 2.88. The number of guanidine groups is 1. The lowest BCUT2D eigenvalue weighted by molar-refractivity contribution is -0.129. The molecular weight excluding hydrogens is 340 g/mol. The number of carbonyl (C=O) groups is 1. The van der Waals surface area contributed by atoms with Crippen LogP contribution >= 0.6 is 0 Å². The van der Waals surface area contributed by atoms with Crippen molar-refractivity contribution in [2.24, 2.45) is 10.7 Å². The van der Waals surface area contributed by atoms with Gasteiger partial charge in [0.2, 0.25) is 0 Å². The van der Waals surface area contributed by atoms with Gasteiger partial charge in [-0.1, -0.05) is 43.3 Å². The molecular formula is C19H19F2N3O2. The van der Waals surface area contributed by atoms with Crippen molar-refractivity contribution in [1.82, 2.24) is 4.90 Å². The van der Waals surface area contributed by atoms with E-state index in [1.54, 1.807) is 19.2 Å². The summed E-state index contributed by atoms with van der Waals surface area (Å²) in [5.74, 6) is -0.187. The SMILES string of the molecule is CCc1cccc([C@@]2(c3ccc(OC(F)F)cc3)N=C(N)N(C)C2=O)c1. The minimum absolute atomic E-state index is 0.0111. The number of carbonyl (C=O) groups excluding carboxylic acids is 1. The Labute approximate surface area is 150 Å². The van der Waals surface area contributed by atoms with Crippen LogP contribution in [0.25, 0.3) is 0 Å². The van der Waals surface area contributed by atoms with Crippen LogP contribution in [-0.2, 0) is 16.8 Å². The maximum absolute atomic E-state index is 13.1. The van der Waals surface area contributed by atoms with Gasteiger partial charge in [0.1, 0.15) is 5.75 Å². The van der Waals surface area contributed by atoms with Gasteiger partial charge in [-0.3, -0.25) is 9.69 Å². The monoisotopic (exact) mass is 359 g/mol. The molecule has 0 aliphatic carbocycles. The second-order valence-electron chi connectivity index (χ2n) is 6.00. The quantitative estimate of drug-likeness (QED) is 0.893. The highest BCUT2D eigenvalue weighted by molar-refractivity contribution is 6.08. The Morgan fingerprint density at radius 2 is 1.88 bits per heavy atom. The molecule has 3 rings (SSSR count). The molecule has 5 nitrogen and oxygen atoms in total. The van der Waals surface area contributed by atoms with Gasteiger partial charge >= 0.3 is 6.61 Å². The number of halogens is 2. The van der Waals surface area contributed by atoms with Crippen LogP contribution < -0.4 is 10.5 Å². The first-order chi connectivity index (χ1) is 12.4. The zero-order chi connectivity index (χ0) is 18.9. The molecule has 0 spiro atoms. The van der Waals surface area contributed by atoms with Crippen LogP contribution in [0, 0.1) is 0 Å². The summed E-state index contributed by atoms with van der Waals surface area (Å²) in [6, 6.07) is 13.5. The Morgan fingerprint density at radius 3 is 2.42 bits per heavy atom. The molecule has 2 aromatic carbocycles. The number of ether oxygens (including phenoxy) is 1. The number of hydrogen-bond acceptors (Lipinski definition) is 4. The normalized spacial score (nSPS) is 19.8. The molecule has 136 valence electrons. The Morgan fingerprint density at radius 1 is 1.19 bits per heavy atom. The van der Waals surface area contributed by atoms with E-state index in [1.165, 1.54) is 17.0 Å². The molecule has 1 heterocycles. The third-order valence-electron chi connectivity index (χ3n) is 4.49. The van der Waals surface area contributed by atoms with Gasteiger partial charge in [0.15, 0.2) is 11.5 Å². The molecule has 2 N–H and O–H groups in total. The molecule has 0 bridgehead atoms. The summed E-state index contributed by atoms with van der Waals surface area (Å²) in [7, 11) is 1.56. The third kappa shape index (κ3) is 2.89. The van der Waals surface area contributed by atoms with Crippen molar-refractivity contribution in [2.45, 2.75) is 25.5 Å². The average Bonchev–Trinajstić information content (AvgIpc) is 2.87. The first-order valence-corrected chi connectivity index (χ1v) is 8.16. The minimum Gasteiger partial charge on any atom is -0.435 e. The van der Waals surface area contributed by atoms with Crippen LogP contribution in [0.4, 0.5) is 8.78 Å². The minimum atomic E-state index is -2.91. The smallest absolute Gasteiger partial charge is 0.387 e. The fraction of sp³-hybridized carbons (Fsp3) is 0.263. The molecule has 0 radical (unpaired) electrons. The molecule has 2 aromatic rings. The summed E-state index contributed by atoms with van der Waals surface area (Å²) in [6.07, 6.45) is 0.800. The van der Waals surface area contributed by atoms with Crippen LogP contribution in [0.15, 0.2) is 53.5 Å². The number of alkyl halides is 2. The number of hydrogen-bond donors (Lipinski definition) is 1. The van der Waals surface area contributed by atoms with Gasteiger partial charge in [0, 0.05) is 7.05 Å². The third-order valence-corrected chi connectivity index (χ3v) is 4.49. The molecule has 1 atom stereocenters. The van der Waals surface area contributed by atoms with E-state index in [0.717, 1.165) is 12.0 Å². The van der Waals surface area contributed by atoms with Crippen molar-refractivity contribution in [3.63, 3.8) is 0 Å². The number of benzene rings is 2. The summed E-state index contributed by atoms with van der Waals surface area (Å²) in [5.41, 5.74) is 6.84. The molecule has 0 fully saturated rings. The highest BCUT2D eigenvalue weighted by atomic mass is 19.3. The molecule has 26 heavy (non-hydrogen) atoms. The molecule has 1 aliphatic rings. The van der Waals surface area contributed by atoms with E-state index >= 15 is 0 Å². The Bertz CT molecular complexity index is 852. The first kappa shape index (κ1) is 17.8. The highest BCUT2D eigenvalue weighted by Crippen LogP contribution is 2.40. The van der Waals surface area contributed by atoms with Gasteiger partial charge in [0.05, 0.1) is 0 Å². The van der Waals surface area contributed by atoms with E-state index in [4.69, 9.17) is 5.73 Å². The number of likely N-dealkylation sites (N-methyl/N-ethyl adjacent to an activating group) is 1. The van der Waals surface area contributed by atoms with Gasteiger partial charge in [0.25, 0.3) is 5.91 Å². The second-order valence-corrected chi connectivity index (χ2v) is 6.00. The largest absolute Gasteiger partial charge is 0.435 e. The summed E-state index contributed by atoms with van der Waals surface area (Å²) < 4.78 is 29.2. The van der Waals surface area contributed by atoms with E-state index in [1.807, 2.05) is 31.2 Å². The van der Waals surface area contributed by atoms with Gasteiger partial charge < -0.3 is 10.5 Å². The lowest BCUT2D eigenvalue weighted by Crippen LogP contribution is -2.41. The van der Waals surface area contributed by atoms with E-state index in [9.17, 15) is 13.6 Å². The van der Waals surface area contributed by atoms with E-state index in [-0.39, 0.29) is 17.6 Å². The first-order valence-electron chi connectivity index (χ1n) is 8.16. The van der Waals surface area contributed by atoms with Crippen molar-refractivity contribution in [2.75, 3.05) is 7.05 Å². The van der Waals surface area contributed by atoms with E-state index < -0.39 is 12.2 Å². The van der Waals surface area contributed by atoms with Gasteiger partial charge in [-0.05, 0) is 35.2 Å². The van der Waals surface area contributed by atoms with Crippen molar-refractivity contribution >= 4 is 11.9 Å². The van der Waals surface area contributed by atoms with Crippen LogP contribution in [-0.4, -0.2) is 30.4 Å². The number of aryl methyl sites for hydroxylation is 1. The molecule has 0 saturated heterocycles. The molecule has 0 aromatic heterocycles. The Kier molecular flexibility index (Phi) is 4.63. The molecule has 7 heteroatoms. The molecule has 1 aliphatic heterocycles. The number of amides is 1. The van der Waals surface area contributed by atoms with Crippen LogP contribution in [0.3, 0.4) is 0 Å². The van der Waals surface area contributed by atoms with Crippen molar-refractivity contribution in [3.8, 4) is 5.75 Å². The number of rotatable bonds is 5. The highest BCUT2D eigenvalue weighted by Gasteiger charge is 2.49. The van der Waals surface area contributed by atoms with Crippen molar-refractivity contribution < 1.29 is 18.3 Å². The van der Waals surface area contributed by atoms with Crippen molar-refractivity contribution in [3.05, 3.63) is 65.2 Å². The number of aliphatic imine (C=N–C) groups is 1. The molecule has 0 saturated carbocycles. The number of nitrogens with two attached hydrogens (primary N) is 1. The summed E-state index contributed by atoms with van der Waals surface area (Å²) >= 11 is 0. The maximum atomic E-state index is 13.1. The Hall–Kier alpha value is -2.96. The summed E-state index contributed by atoms with van der Waals surface area (Å²) in [6.45, 7) is -0.897. The van der Waals surface area contributed by atoms with Gasteiger partial charge in [-0.25, -0.2) is 4.99 Å². The summed E-state index contributed by atoms with van der Waals surface area (Å²) in [5, 5.41) is 0. The lowest BCUT2D eigenvalue weighted by atomic mass is 9.82. The molecule has 0 unspecified atom stereocenters. The molecule has 1 amide bonds. The summed E-state index contributed by atoms with van der Waals surface area (Å²) in [4.78, 5) is 18.8. The van der Waals surface area contributed by atoms with Crippen LogP contribution in [0.2, 0.25) is 0 Å². The van der Waals surface area contributed by atoms with Crippen molar-refractivity contribution in [1.29, 1.82) is 0 Å². The average molecular weight is 359 g/mol. The van der Waals surface area contributed by atoms with Gasteiger partial charge in [-0.15, -0.1) is 0 Å². The van der Waals surface area contributed by atoms with Gasteiger partial charge in [-0.2, -0.15) is 8.78 Å². The number of nitrogens with zero attached hydrogens (tertiary/aromatic N) is 2. The Balaban J connectivity index is 2.15. The lowest BCUT2D eigenvalue weighted by Gasteiger charge is -2.26. The zero-order valence-electron chi connectivity index (χ0n) is 14.4. The zero-order valence-corrected chi connectivity index (χ0v) is 14.4.